The van der Waals surface area contributed by atoms with Gasteiger partial charge in [-0.2, -0.15) is 13.2 Å². The van der Waals surface area contributed by atoms with Crippen LogP contribution < -0.4 is 11.1 Å². The zero-order valence-electron chi connectivity index (χ0n) is 13.3. The zero-order chi connectivity index (χ0) is 18.0. The Bertz CT molecular complexity index is 742. The Labute approximate surface area is 137 Å². The van der Waals surface area contributed by atoms with Gasteiger partial charge in [-0.05, 0) is 43.2 Å². The standard InChI is InChI=1S/C17H18F3N3O/c1-16(2,15(21)24)23-10-12-9-11(7-8-22-12)13-5-3-4-6-14(13)17(18,19)20/h3-9,23H,10H2,1-2H3,(H2,21,24). The summed E-state index contributed by atoms with van der Waals surface area (Å²) in [5.74, 6) is -0.527. The van der Waals surface area contributed by atoms with Crippen molar-refractivity contribution in [2.45, 2.75) is 32.1 Å². The quantitative estimate of drug-likeness (QED) is 0.881. The largest absolute Gasteiger partial charge is 0.417 e. The maximum atomic E-state index is 13.1. The fourth-order valence-corrected chi connectivity index (χ4v) is 2.12. The number of benzene rings is 1. The lowest BCUT2D eigenvalue weighted by atomic mass is 9.99. The van der Waals surface area contributed by atoms with E-state index < -0.39 is 23.2 Å². The van der Waals surface area contributed by atoms with Crippen molar-refractivity contribution in [3.05, 3.63) is 53.9 Å². The van der Waals surface area contributed by atoms with Gasteiger partial charge in [0, 0.05) is 12.7 Å². The van der Waals surface area contributed by atoms with Crippen molar-refractivity contribution < 1.29 is 18.0 Å². The third kappa shape index (κ3) is 4.11. The second kappa shape index (κ2) is 6.60. The van der Waals surface area contributed by atoms with E-state index in [0.717, 1.165) is 6.07 Å². The summed E-state index contributed by atoms with van der Waals surface area (Å²) in [6, 6.07) is 8.46. The number of hydrogen-bond acceptors (Lipinski definition) is 3. The number of carbonyl (C=O) groups excluding carboxylic acids is 1. The van der Waals surface area contributed by atoms with Crippen LogP contribution in [-0.2, 0) is 17.5 Å². The average Bonchev–Trinajstić information content (AvgIpc) is 2.52. The Balaban J connectivity index is 2.31. The zero-order valence-corrected chi connectivity index (χ0v) is 13.3. The van der Waals surface area contributed by atoms with E-state index in [-0.39, 0.29) is 12.1 Å². The molecule has 24 heavy (non-hydrogen) atoms. The molecule has 0 fully saturated rings. The monoisotopic (exact) mass is 337 g/mol. The molecular weight excluding hydrogens is 319 g/mol. The van der Waals surface area contributed by atoms with Crippen LogP contribution in [-0.4, -0.2) is 16.4 Å². The SMILES string of the molecule is CC(C)(NCc1cc(-c2ccccc2C(F)(F)F)ccn1)C(N)=O. The summed E-state index contributed by atoms with van der Waals surface area (Å²) in [7, 11) is 0. The smallest absolute Gasteiger partial charge is 0.368 e. The van der Waals surface area contributed by atoms with Gasteiger partial charge in [0.05, 0.1) is 16.8 Å². The highest BCUT2D eigenvalue weighted by molar-refractivity contribution is 5.83. The third-order valence-electron chi connectivity index (χ3n) is 3.69. The Kier molecular flexibility index (Phi) is 4.94. The van der Waals surface area contributed by atoms with Crippen molar-refractivity contribution in [3.63, 3.8) is 0 Å². The highest BCUT2D eigenvalue weighted by atomic mass is 19.4. The summed E-state index contributed by atoms with van der Waals surface area (Å²) in [5.41, 5.74) is 4.64. The van der Waals surface area contributed by atoms with E-state index in [0.29, 0.717) is 11.3 Å². The van der Waals surface area contributed by atoms with Crippen molar-refractivity contribution in [1.82, 2.24) is 10.3 Å². The van der Waals surface area contributed by atoms with Crippen LogP contribution in [0.1, 0.15) is 25.1 Å². The minimum Gasteiger partial charge on any atom is -0.368 e. The predicted molar refractivity (Wildman–Crippen MR) is 84.8 cm³/mol. The van der Waals surface area contributed by atoms with Gasteiger partial charge in [-0.3, -0.25) is 15.1 Å². The van der Waals surface area contributed by atoms with Gasteiger partial charge in [-0.25, -0.2) is 0 Å². The first kappa shape index (κ1) is 17.9. The van der Waals surface area contributed by atoms with Crippen LogP contribution >= 0.6 is 0 Å². The minimum absolute atomic E-state index is 0.0859. The van der Waals surface area contributed by atoms with Crippen LogP contribution in [0.5, 0.6) is 0 Å². The number of nitrogens with one attached hydrogen (secondary N) is 1. The van der Waals surface area contributed by atoms with Crippen LogP contribution in [0.2, 0.25) is 0 Å². The minimum atomic E-state index is -4.44. The maximum Gasteiger partial charge on any atom is 0.417 e. The molecule has 0 bridgehead atoms. The van der Waals surface area contributed by atoms with E-state index in [1.807, 2.05) is 0 Å². The molecule has 0 aliphatic heterocycles. The van der Waals surface area contributed by atoms with Gasteiger partial charge in [-0.1, -0.05) is 18.2 Å². The fourth-order valence-electron chi connectivity index (χ4n) is 2.12. The third-order valence-corrected chi connectivity index (χ3v) is 3.69. The molecule has 128 valence electrons. The summed E-state index contributed by atoms with van der Waals surface area (Å²) in [4.78, 5) is 15.4. The summed E-state index contributed by atoms with van der Waals surface area (Å²) < 4.78 is 39.4. The number of pyridine rings is 1. The molecule has 1 amide bonds. The van der Waals surface area contributed by atoms with Gasteiger partial charge in [0.15, 0.2) is 0 Å². The predicted octanol–water partition coefficient (Wildman–Crippen LogP) is 3.12. The first-order valence-corrected chi connectivity index (χ1v) is 7.28. The number of nitrogens with zero attached hydrogens (tertiary/aromatic N) is 1. The number of amides is 1. The average molecular weight is 337 g/mol. The number of rotatable bonds is 5. The number of alkyl halides is 3. The lowest BCUT2D eigenvalue weighted by Crippen LogP contribution is -2.50. The molecule has 0 saturated carbocycles. The summed E-state index contributed by atoms with van der Waals surface area (Å²) in [6.07, 6.45) is -3.00. The van der Waals surface area contributed by atoms with Crippen LogP contribution in [0.15, 0.2) is 42.6 Å². The lowest BCUT2D eigenvalue weighted by molar-refractivity contribution is -0.137. The van der Waals surface area contributed by atoms with E-state index in [1.54, 1.807) is 26.0 Å². The van der Waals surface area contributed by atoms with E-state index in [2.05, 4.69) is 10.3 Å². The summed E-state index contributed by atoms with van der Waals surface area (Å²) in [5, 5.41) is 2.94. The topological polar surface area (TPSA) is 68.0 Å². The molecule has 0 saturated heterocycles. The molecule has 3 N–H and O–H groups in total. The fraction of sp³-hybridized carbons (Fsp3) is 0.294. The molecule has 0 unspecified atom stereocenters. The van der Waals surface area contributed by atoms with E-state index >= 15 is 0 Å². The summed E-state index contributed by atoms with van der Waals surface area (Å²) >= 11 is 0. The molecule has 4 nitrogen and oxygen atoms in total. The normalized spacial score (nSPS) is 12.2. The molecule has 1 heterocycles. The van der Waals surface area contributed by atoms with Gasteiger partial charge in [-0.15, -0.1) is 0 Å². The molecule has 0 spiro atoms. The Hall–Kier alpha value is -2.41. The van der Waals surface area contributed by atoms with Crippen LogP contribution in [0, 0.1) is 0 Å². The van der Waals surface area contributed by atoms with E-state index in [9.17, 15) is 18.0 Å². The number of carbonyl (C=O) groups is 1. The molecule has 1 aromatic carbocycles. The van der Waals surface area contributed by atoms with Gasteiger partial charge in [0.2, 0.25) is 5.91 Å². The lowest BCUT2D eigenvalue weighted by Gasteiger charge is -2.22. The molecule has 2 aromatic rings. The van der Waals surface area contributed by atoms with Crippen molar-refractivity contribution in [1.29, 1.82) is 0 Å². The van der Waals surface area contributed by atoms with Crippen molar-refractivity contribution >= 4 is 5.91 Å². The number of aromatic nitrogens is 1. The number of halogens is 3. The Morgan fingerprint density at radius 3 is 2.50 bits per heavy atom. The van der Waals surface area contributed by atoms with E-state index in [1.165, 1.54) is 24.4 Å². The molecule has 0 radical (unpaired) electrons. The number of hydrogen-bond donors (Lipinski definition) is 2. The molecule has 0 aliphatic carbocycles. The van der Waals surface area contributed by atoms with Gasteiger partial charge < -0.3 is 5.73 Å². The highest BCUT2D eigenvalue weighted by Crippen LogP contribution is 2.36. The highest BCUT2D eigenvalue weighted by Gasteiger charge is 2.33. The van der Waals surface area contributed by atoms with E-state index in [4.69, 9.17) is 5.73 Å². The van der Waals surface area contributed by atoms with Gasteiger partial charge in [0.25, 0.3) is 0 Å². The van der Waals surface area contributed by atoms with Crippen molar-refractivity contribution in [2.75, 3.05) is 0 Å². The van der Waals surface area contributed by atoms with Crippen LogP contribution in [0.3, 0.4) is 0 Å². The molecule has 0 atom stereocenters. The van der Waals surface area contributed by atoms with Crippen LogP contribution in [0.4, 0.5) is 13.2 Å². The Morgan fingerprint density at radius 1 is 1.21 bits per heavy atom. The first-order chi connectivity index (χ1) is 11.1. The van der Waals surface area contributed by atoms with Gasteiger partial charge in [0.1, 0.15) is 0 Å². The molecule has 0 aliphatic rings. The second-order valence-electron chi connectivity index (χ2n) is 5.92. The molecular formula is C17H18F3N3O. The van der Waals surface area contributed by atoms with Crippen LogP contribution in [0.25, 0.3) is 11.1 Å². The molecule has 7 heteroatoms. The molecule has 2 rings (SSSR count). The number of primary amides is 1. The van der Waals surface area contributed by atoms with Crippen molar-refractivity contribution in [2.24, 2.45) is 5.73 Å². The van der Waals surface area contributed by atoms with Gasteiger partial charge >= 0.3 is 6.18 Å². The summed E-state index contributed by atoms with van der Waals surface area (Å²) in [6.45, 7) is 3.45. The maximum absolute atomic E-state index is 13.1. The second-order valence-corrected chi connectivity index (χ2v) is 5.92. The first-order valence-electron chi connectivity index (χ1n) is 7.28. The number of nitrogens with two attached hydrogens (primary N) is 1. The van der Waals surface area contributed by atoms with Crippen molar-refractivity contribution in [3.8, 4) is 11.1 Å². The molecule has 1 aromatic heterocycles. The Morgan fingerprint density at radius 2 is 1.88 bits per heavy atom.